The number of carbonyl (C=O) groups is 1. The first-order chi connectivity index (χ1) is 12.7. The Bertz CT molecular complexity index is 707. The Hall–Kier alpha value is -2.37. The zero-order chi connectivity index (χ0) is 18.2. The van der Waals surface area contributed by atoms with Gasteiger partial charge in [0.25, 0.3) is 0 Å². The van der Waals surface area contributed by atoms with Crippen molar-refractivity contribution in [3.05, 3.63) is 60.2 Å². The highest BCUT2D eigenvalue weighted by atomic mass is 16.5. The third-order valence-electron chi connectivity index (χ3n) is 4.85. The SMILES string of the molecule is COCC1(C(=O)NCc2ccccc2Oc2ccccc2)CCNCC1. The Labute approximate surface area is 154 Å². The van der Waals surface area contributed by atoms with E-state index in [1.807, 2.05) is 54.6 Å². The van der Waals surface area contributed by atoms with Crippen molar-refractivity contribution in [2.24, 2.45) is 5.41 Å². The first-order valence-corrected chi connectivity index (χ1v) is 9.02. The Morgan fingerprint density at radius 3 is 2.50 bits per heavy atom. The molecule has 0 bridgehead atoms. The first-order valence-electron chi connectivity index (χ1n) is 9.02. The van der Waals surface area contributed by atoms with Gasteiger partial charge in [0.15, 0.2) is 0 Å². The number of nitrogens with one attached hydrogen (secondary N) is 2. The summed E-state index contributed by atoms with van der Waals surface area (Å²) in [6.45, 7) is 2.55. The van der Waals surface area contributed by atoms with Gasteiger partial charge in [-0.15, -0.1) is 0 Å². The molecule has 0 aromatic heterocycles. The molecule has 1 saturated heterocycles. The molecule has 1 heterocycles. The van der Waals surface area contributed by atoms with Crippen molar-refractivity contribution in [1.29, 1.82) is 0 Å². The number of benzene rings is 2. The molecular formula is C21H26N2O3. The third kappa shape index (κ3) is 4.42. The van der Waals surface area contributed by atoms with E-state index in [4.69, 9.17) is 9.47 Å². The van der Waals surface area contributed by atoms with Crippen LogP contribution in [0.3, 0.4) is 0 Å². The summed E-state index contributed by atoms with van der Waals surface area (Å²) in [5.41, 5.74) is 0.501. The van der Waals surface area contributed by atoms with Crippen LogP contribution < -0.4 is 15.4 Å². The minimum absolute atomic E-state index is 0.0513. The molecule has 0 atom stereocenters. The fraction of sp³-hybridized carbons (Fsp3) is 0.381. The standard InChI is InChI=1S/C21H26N2O3/c1-25-16-21(11-13-22-14-12-21)20(24)23-15-17-7-5-6-10-19(17)26-18-8-3-2-4-9-18/h2-10,22H,11-16H2,1H3,(H,23,24). The predicted octanol–water partition coefficient (Wildman–Crippen LogP) is 3.11. The van der Waals surface area contributed by atoms with Gasteiger partial charge in [-0.2, -0.15) is 0 Å². The number of piperidine rings is 1. The fourth-order valence-electron chi connectivity index (χ4n) is 3.35. The summed E-state index contributed by atoms with van der Waals surface area (Å²) in [6.07, 6.45) is 1.57. The lowest BCUT2D eigenvalue weighted by atomic mass is 9.78. The summed E-state index contributed by atoms with van der Waals surface area (Å²) in [5, 5.41) is 6.40. The largest absolute Gasteiger partial charge is 0.457 e. The lowest BCUT2D eigenvalue weighted by Crippen LogP contribution is -2.49. The van der Waals surface area contributed by atoms with Crippen LogP contribution in [0.4, 0.5) is 0 Å². The normalized spacial score (nSPS) is 16.0. The average molecular weight is 354 g/mol. The average Bonchev–Trinajstić information content (AvgIpc) is 2.69. The summed E-state index contributed by atoms with van der Waals surface area (Å²) < 4.78 is 11.3. The Morgan fingerprint density at radius 1 is 1.08 bits per heavy atom. The van der Waals surface area contributed by atoms with E-state index in [9.17, 15) is 4.79 Å². The van der Waals surface area contributed by atoms with Gasteiger partial charge < -0.3 is 20.1 Å². The third-order valence-corrected chi connectivity index (χ3v) is 4.85. The van der Waals surface area contributed by atoms with E-state index < -0.39 is 5.41 Å². The van der Waals surface area contributed by atoms with Crippen molar-refractivity contribution >= 4 is 5.91 Å². The number of para-hydroxylation sites is 2. The first kappa shape index (κ1) is 18.4. The minimum Gasteiger partial charge on any atom is -0.457 e. The molecule has 0 aliphatic carbocycles. The second kappa shape index (κ2) is 8.83. The van der Waals surface area contributed by atoms with Crippen LogP contribution in [0.2, 0.25) is 0 Å². The number of methoxy groups -OCH3 is 1. The van der Waals surface area contributed by atoms with Crippen LogP contribution in [0, 0.1) is 5.41 Å². The molecule has 0 spiro atoms. The minimum atomic E-state index is -0.449. The summed E-state index contributed by atoms with van der Waals surface area (Å²) in [6, 6.07) is 17.4. The van der Waals surface area contributed by atoms with Gasteiger partial charge in [-0.05, 0) is 44.1 Å². The zero-order valence-electron chi connectivity index (χ0n) is 15.2. The summed E-state index contributed by atoms with van der Waals surface area (Å²) in [4.78, 5) is 12.9. The van der Waals surface area contributed by atoms with Crippen LogP contribution in [0.15, 0.2) is 54.6 Å². The van der Waals surface area contributed by atoms with Gasteiger partial charge in [-0.25, -0.2) is 0 Å². The second-order valence-electron chi connectivity index (χ2n) is 6.67. The molecule has 26 heavy (non-hydrogen) atoms. The molecule has 0 radical (unpaired) electrons. The van der Waals surface area contributed by atoms with E-state index in [0.717, 1.165) is 43.0 Å². The second-order valence-corrected chi connectivity index (χ2v) is 6.67. The quantitative estimate of drug-likeness (QED) is 0.802. The summed E-state index contributed by atoms with van der Waals surface area (Å²) in [7, 11) is 1.65. The van der Waals surface area contributed by atoms with Crippen molar-refractivity contribution in [2.45, 2.75) is 19.4 Å². The van der Waals surface area contributed by atoms with E-state index in [0.29, 0.717) is 13.2 Å². The maximum Gasteiger partial charge on any atom is 0.228 e. The molecule has 0 unspecified atom stereocenters. The van der Waals surface area contributed by atoms with Crippen LogP contribution in [0.5, 0.6) is 11.5 Å². The monoisotopic (exact) mass is 354 g/mol. The Morgan fingerprint density at radius 2 is 1.77 bits per heavy atom. The molecule has 0 saturated carbocycles. The molecule has 2 N–H and O–H groups in total. The Kier molecular flexibility index (Phi) is 6.26. The molecule has 1 aliphatic rings. The molecule has 3 rings (SSSR count). The molecule has 2 aromatic rings. The predicted molar refractivity (Wildman–Crippen MR) is 101 cm³/mol. The number of carbonyl (C=O) groups excluding carboxylic acids is 1. The van der Waals surface area contributed by atoms with Crippen LogP contribution in [0.25, 0.3) is 0 Å². The molecule has 2 aromatic carbocycles. The smallest absolute Gasteiger partial charge is 0.228 e. The number of rotatable bonds is 7. The van der Waals surface area contributed by atoms with Crippen LogP contribution in [-0.4, -0.2) is 32.7 Å². The maximum absolute atomic E-state index is 12.9. The lowest BCUT2D eigenvalue weighted by Gasteiger charge is -2.35. The lowest BCUT2D eigenvalue weighted by molar-refractivity contribution is -0.136. The highest BCUT2D eigenvalue weighted by Crippen LogP contribution is 2.30. The number of amides is 1. The van der Waals surface area contributed by atoms with Crippen LogP contribution in [-0.2, 0) is 16.1 Å². The highest BCUT2D eigenvalue weighted by molar-refractivity contribution is 5.83. The fourth-order valence-corrected chi connectivity index (χ4v) is 3.35. The molecule has 1 fully saturated rings. The molecule has 5 heteroatoms. The van der Waals surface area contributed by atoms with Gasteiger partial charge >= 0.3 is 0 Å². The van der Waals surface area contributed by atoms with Crippen LogP contribution >= 0.6 is 0 Å². The van der Waals surface area contributed by atoms with Gasteiger partial charge in [0.1, 0.15) is 11.5 Å². The van der Waals surface area contributed by atoms with Crippen molar-refractivity contribution in [1.82, 2.24) is 10.6 Å². The van der Waals surface area contributed by atoms with Crippen molar-refractivity contribution in [3.63, 3.8) is 0 Å². The van der Waals surface area contributed by atoms with Gasteiger partial charge in [0.05, 0.1) is 12.0 Å². The van der Waals surface area contributed by atoms with Crippen molar-refractivity contribution in [2.75, 3.05) is 26.8 Å². The van der Waals surface area contributed by atoms with Crippen LogP contribution in [0.1, 0.15) is 18.4 Å². The van der Waals surface area contributed by atoms with E-state index >= 15 is 0 Å². The number of hydrogen-bond donors (Lipinski definition) is 2. The van der Waals surface area contributed by atoms with E-state index in [-0.39, 0.29) is 5.91 Å². The van der Waals surface area contributed by atoms with Crippen molar-refractivity contribution in [3.8, 4) is 11.5 Å². The number of ether oxygens (including phenoxy) is 2. The van der Waals surface area contributed by atoms with E-state index in [1.165, 1.54) is 0 Å². The number of hydrogen-bond acceptors (Lipinski definition) is 4. The topological polar surface area (TPSA) is 59.6 Å². The summed E-state index contributed by atoms with van der Waals surface area (Å²) >= 11 is 0. The van der Waals surface area contributed by atoms with E-state index in [2.05, 4.69) is 10.6 Å². The molecule has 1 aliphatic heterocycles. The maximum atomic E-state index is 12.9. The molecule has 138 valence electrons. The molecular weight excluding hydrogens is 328 g/mol. The van der Waals surface area contributed by atoms with Crippen molar-refractivity contribution < 1.29 is 14.3 Å². The molecule has 1 amide bonds. The van der Waals surface area contributed by atoms with Gasteiger partial charge in [-0.3, -0.25) is 4.79 Å². The molecule has 5 nitrogen and oxygen atoms in total. The highest BCUT2D eigenvalue weighted by Gasteiger charge is 2.39. The van der Waals surface area contributed by atoms with E-state index in [1.54, 1.807) is 7.11 Å². The zero-order valence-corrected chi connectivity index (χ0v) is 15.2. The van der Waals surface area contributed by atoms with Gasteiger partial charge in [-0.1, -0.05) is 36.4 Å². The van der Waals surface area contributed by atoms with Gasteiger partial charge in [0.2, 0.25) is 5.91 Å². The summed E-state index contributed by atoms with van der Waals surface area (Å²) in [5.74, 6) is 1.58. The van der Waals surface area contributed by atoms with Gasteiger partial charge in [0, 0.05) is 19.2 Å². The Balaban J connectivity index is 1.68.